The number of hydrogen-bond donors (Lipinski definition) is 2. The van der Waals surface area contributed by atoms with Crippen LogP contribution < -0.4 is 10.6 Å². The van der Waals surface area contributed by atoms with Crippen molar-refractivity contribution in [3.8, 4) is 11.3 Å². The predicted octanol–water partition coefficient (Wildman–Crippen LogP) is 3.40. The average molecular weight is 338 g/mol. The van der Waals surface area contributed by atoms with E-state index in [9.17, 15) is 4.79 Å². The van der Waals surface area contributed by atoms with Gasteiger partial charge in [0, 0.05) is 31.7 Å². The zero-order valence-electron chi connectivity index (χ0n) is 13.2. The lowest BCUT2D eigenvalue weighted by molar-refractivity contribution is 0.204. The van der Waals surface area contributed by atoms with Gasteiger partial charge >= 0.3 is 6.03 Å². The third-order valence-electron chi connectivity index (χ3n) is 4.13. The molecule has 2 aromatic heterocycles. The van der Waals surface area contributed by atoms with Gasteiger partial charge in [0.15, 0.2) is 0 Å². The number of carbonyl (C=O) groups is 1. The molecule has 4 rings (SSSR count). The van der Waals surface area contributed by atoms with Crippen LogP contribution >= 0.6 is 11.3 Å². The average Bonchev–Trinajstić information content (AvgIpc) is 3.12. The number of amides is 2. The van der Waals surface area contributed by atoms with E-state index in [0.717, 1.165) is 53.3 Å². The van der Waals surface area contributed by atoms with E-state index in [1.54, 1.807) is 11.3 Å². The number of hydrogen-bond acceptors (Lipinski definition) is 4. The molecule has 5 nitrogen and oxygen atoms in total. The highest BCUT2D eigenvalue weighted by atomic mass is 32.1. The summed E-state index contributed by atoms with van der Waals surface area (Å²) < 4.78 is 1.01. The minimum absolute atomic E-state index is 0.0450. The molecule has 1 saturated heterocycles. The van der Waals surface area contributed by atoms with E-state index in [1.807, 2.05) is 52.7 Å². The monoisotopic (exact) mass is 338 g/mol. The molecule has 3 aromatic rings. The van der Waals surface area contributed by atoms with E-state index in [4.69, 9.17) is 4.98 Å². The van der Waals surface area contributed by atoms with E-state index in [0.29, 0.717) is 0 Å². The molecule has 2 N–H and O–H groups in total. The van der Waals surface area contributed by atoms with Gasteiger partial charge in [0.2, 0.25) is 0 Å². The number of fused-ring (bicyclic) bond motifs is 1. The summed E-state index contributed by atoms with van der Waals surface area (Å²) in [6.45, 7) is 3.15. The maximum Gasteiger partial charge on any atom is 0.321 e. The van der Waals surface area contributed by atoms with Crippen LogP contribution in [0.4, 0.5) is 10.5 Å². The number of thiophene rings is 1. The van der Waals surface area contributed by atoms with Gasteiger partial charge in [-0.2, -0.15) is 0 Å². The molecule has 1 aromatic carbocycles. The van der Waals surface area contributed by atoms with Gasteiger partial charge in [-0.1, -0.05) is 30.3 Å². The number of aromatic nitrogens is 1. The van der Waals surface area contributed by atoms with Crippen LogP contribution in [-0.4, -0.2) is 42.1 Å². The summed E-state index contributed by atoms with van der Waals surface area (Å²) >= 11 is 1.60. The van der Waals surface area contributed by atoms with Gasteiger partial charge in [0.05, 0.1) is 21.6 Å². The van der Waals surface area contributed by atoms with Crippen molar-refractivity contribution in [1.82, 2.24) is 15.2 Å². The second kappa shape index (κ2) is 6.59. The third kappa shape index (κ3) is 2.98. The van der Waals surface area contributed by atoms with E-state index in [-0.39, 0.29) is 6.03 Å². The first-order valence-electron chi connectivity index (χ1n) is 8.01. The van der Waals surface area contributed by atoms with Gasteiger partial charge in [0.1, 0.15) is 0 Å². The zero-order chi connectivity index (χ0) is 16.4. The summed E-state index contributed by atoms with van der Waals surface area (Å²) in [5.74, 6) is 0. The van der Waals surface area contributed by atoms with Crippen molar-refractivity contribution in [3.05, 3.63) is 47.8 Å². The van der Waals surface area contributed by atoms with E-state index < -0.39 is 0 Å². The number of nitrogens with zero attached hydrogens (tertiary/aromatic N) is 2. The lowest BCUT2D eigenvalue weighted by Crippen LogP contribution is -2.48. The number of pyridine rings is 1. The Morgan fingerprint density at radius 2 is 1.96 bits per heavy atom. The smallest absolute Gasteiger partial charge is 0.321 e. The molecular weight excluding hydrogens is 320 g/mol. The van der Waals surface area contributed by atoms with E-state index >= 15 is 0 Å². The van der Waals surface area contributed by atoms with Crippen LogP contribution in [-0.2, 0) is 0 Å². The third-order valence-corrected chi connectivity index (χ3v) is 5.06. The molecule has 0 atom stereocenters. The summed E-state index contributed by atoms with van der Waals surface area (Å²) in [5, 5.41) is 8.35. The number of rotatable bonds is 2. The zero-order valence-corrected chi connectivity index (χ0v) is 14.0. The van der Waals surface area contributed by atoms with Crippen LogP contribution in [0, 0.1) is 0 Å². The number of carbonyl (C=O) groups excluding carboxylic acids is 1. The minimum atomic E-state index is -0.0450. The summed E-state index contributed by atoms with van der Waals surface area (Å²) in [6.07, 6.45) is 0. The first kappa shape index (κ1) is 15.1. The van der Waals surface area contributed by atoms with Crippen LogP contribution in [0.2, 0.25) is 0 Å². The standard InChI is InChI=1S/C18H18N4OS/c23-18(22-9-7-19-8-10-22)21-16-12-15(13-4-2-1-3-5-13)20-14-6-11-24-17(14)16/h1-6,11-12,19H,7-10H2,(H,20,21,23). The Morgan fingerprint density at radius 1 is 1.17 bits per heavy atom. The molecule has 0 saturated carbocycles. The van der Waals surface area contributed by atoms with Crippen molar-refractivity contribution in [1.29, 1.82) is 0 Å². The van der Waals surface area contributed by atoms with Gasteiger partial charge < -0.3 is 15.5 Å². The Labute approximate surface area is 144 Å². The summed E-state index contributed by atoms with van der Waals surface area (Å²) in [5.41, 5.74) is 3.66. The highest BCUT2D eigenvalue weighted by Crippen LogP contribution is 2.32. The van der Waals surface area contributed by atoms with Crippen LogP contribution in [0.1, 0.15) is 0 Å². The molecular formula is C18H18N4OS. The van der Waals surface area contributed by atoms with Crippen molar-refractivity contribution >= 4 is 33.3 Å². The maximum absolute atomic E-state index is 12.6. The molecule has 1 aliphatic rings. The first-order valence-corrected chi connectivity index (χ1v) is 8.89. The van der Waals surface area contributed by atoms with Crippen LogP contribution in [0.25, 0.3) is 21.5 Å². The minimum Gasteiger partial charge on any atom is -0.322 e. The summed E-state index contributed by atoms with van der Waals surface area (Å²) in [6, 6.07) is 13.9. The molecule has 1 fully saturated rings. The molecule has 2 amide bonds. The molecule has 122 valence electrons. The molecule has 0 aliphatic carbocycles. The molecule has 3 heterocycles. The Balaban J connectivity index is 1.68. The van der Waals surface area contributed by atoms with Crippen molar-refractivity contribution in [2.45, 2.75) is 0 Å². The highest BCUT2D eigenvalue weighted by molar-refractivity contribution is 7.17. The fraction of sp³-hybridized carbons (Fsp3) is 0.222. The SMILES string of the molecule is O=C(Nc1cc(-c2ccccc2)nc2ccsc12)N1CCNCC1. The normalized spacial score (nSPS) is 14.8. The lowest BCUT2D eigenvalue weighted by atomic mass is 10.1. The molecule has 0 spiro atoms. The molecule has 6 heteroatoms. The molecule has 0 unspecified atom stereocenters. The van der Waals surface area contributed by atoms with Crippen molar-refractivity contribution in [2.75, 3.05) is 31.5 Å². The van der Waals surface area contributed by atoms with Crippen LogP contribution in [0.3, 0.4) is 0 Å². The largest absolute Gasteiger partial charge is 0.322 e. The molecule has 24 heavy (non-hydrogen) atoms. The second-order valence-electron chi connectivity index (χ2n) is 5.72. The molecule has 0 bridgehead atoms. The predicted molar refractivity (Wildman–Crippen MR) is 98.5 cm³/mol. The highest BCUT2D eigenvalue weighted by Gasteiger charge is 2.18. The van der Waals surface area contributed by atoms with Crippen LogP contribution in [0.15, 0.2) is 47.8 Å². The Bertz CT molecular complexity index is 856. The number of nitrogens with one attached hydrogen (secondary N) is 2. The van der Waals surface area contributed by atoms with Gasteiger partial charge in [-0.05, 0) is 17.5 Å². The Hall–Kier alpha value is -2.44. The van der Waals surface area contributed by atoms with Crippen molar-refractivity contribution < 1.29 is 4.79 Å². The fourth-order valence-electron chi connectivity index (χ4n) is 2.87. The summed E-state index contributed by atoms with van der Waals surface area (Å²) in [4.78, 5) is 19.1. The molecule has 0 radical (unpaired) electrons. The number of anilines is 1. The summed E-state index contributed by atoms with van der Waals surface area (Å²) in [7, 11) is 0. The first-order chi connectivity index (χ1) is 11.8. The van der Waals surface area contributed by atoms with Gasteiger partial charge in [-0.25, -0.2) is 9.78 Å². The molecule has 1 aliphatic heterocycles. The van der Waals surface area contributed by atoms with Gasteiger partial charge in [0.25, 0.3) is 0 Å². The lowest BCUT2D eigenvalue weighted by Gasteiger charge is -2.27. The van der Waals surface area contributed by atoms with Crippen molar-refractivity contribution in [3.63, 3.8) is 0 Å². The maximum atomic E-state index is 12.6. The fourth-order valence-corrected chi connectivity index (χ4v) is 3.67. The number of piperazine rings is 1. The van der Waals surface area contributed by atoms with E-state index in [2.05, 4.69) is 10.6 Å². The number of benzene rings is 1. The van der Waals surface area contributed by atoms with Gasteiger partial charge in [-0.3, -0.25) is 0 Å². The van der Waals surface area contributed by atoms with Crippen LogP contribution in [0.5, 0.6) is 0 Å². The Kier molecular flexibility index (Phi) is 4.15. The van der Waals surface area contributed by atoms with Gasteiger partial charge in [-0.15, -0.1) is 11.3 Å². The van der Waals surface area contributed by atoms with E-state index in [1.165, 1.54) is 0 Å². The Morgan fingerprint density at radius 3 is 2.75 bits per heavy atom. The van der Waals surface area contributed by atoms with Crippen molar-refractivity contribution in [2.24, 2.45) is 0 Å². The quantitative estimate of drug-likeness (QED) is 0.753. The second-order valence-corrected chi connectivity index (χ2v) is 6.64. The topological polar surface area (TPSA) is 57.3 Å². The number of urea groups is 1.